The molecule has 0 unspecified atom stereocenters. The molecule has 0 aliphatic carbocycles. The molecule has 2 heterocycles. The van der Waals surface area contributed by atoms with Crippen molar-refractivity contribution in [1.82, 2.24) is 19.6 Å². The molecule has 0 saturated heterocycles. The molecule has 0 spiro atoms. The number of rotatable bonds is 7. The fourth-order valence-corrected chi connectivity index (χ4v) is 3.39. The van der Waals surface area contributed by atoms with E-state index >= 15 is 0 Å². The number of anilines is 1. The van der Waals surface area contributed by atoms with E-state index in [2.05, 4.69) is 15.5 Å². The Bertz CT molecular complexity index is 1250. The van der Waals surface area contributed by atoms with Crippen molar-refractivity contribution in [3.63, 3.8) is 0 Å². The highest BCUT2D eigenvalue weighted by molar-refractivity contribution is 6.33. The van der Waals surface area contributed by atoms with Gasteiger partial charge < -0.3 is 10.1 Å². The molecule has 0 saturated carbocycles. The van der Waals surface area contributed by atoms with Gasteiger partial charge in [-0.05, 0) is 54.8 Å². The van der Waals surface area contributed by atoms with Gasteiger partial charge in [-0.25, -0.2) is 4.68 Å². The highest BCUT2D eigenvalue weighted by Crippen LogP contribution is 2.22. The van der Waals surface area contributed by atoms with Gasteiger partial charge in [-0.1, -0.05) is 47.5 Å². The zero-order valence-electron chi connectivity index (χ0n) is 17.5. The predicted molar refractivity (Wildman–Crippen MR) is 125 cm³/mol. The molecule has 1 N–H and O–H groups in total. The van der Waals surface area contributed by atoms with Crippen LogP contribution >= 0.6 is 23.2 Å². The van der Waals surface area contributed by atoms with Crippen molar-refractivity contribution in [1.29, 1.82) is 0 Å². The van der Waals surface area contributed by atoms with E-state index in [1.165, 1.54) is 0 Å². The molecule has 0 bridgehead atoms. The van der Waals surface area contributed by atoms with Crippen molar-refractivity contribution < 1.29 is 9.53 Å². The molecule has 0 atom stereocenters. The second-order valence-corrected chi connectivity index (χ2v) is 8.23. The molecule has 164 valence electrons. The van der Waals surface area contributed by atoms with Crippen LogP contribution in [0.2, 0.25) is 10.0 Å². The lowest BCUT2D eigenvalue weighted by molar-refractivity contribution is 0.101. The maximum Gasteiger partial charge on any atom is 0.277 e. The molecule has 4 aromatic rings. The lowest BCUT2D eigenvalue weighted by Crippen LogP contribution is -2.15. The third-order valence-corrected chi connectivity index (χ3v) is 5.30. The van der Waals surface area contributed by atoms with Crippen molar-refractivity contribution in [2.45, 2.75) is 27.1 Å². The first-order chi connectivity index (χ1) is 15.4. The zero-order chi connectivity index (χ0) is 22.7. The van der Waals surface area contributed by atoms with Crippen molar-refractivity contribution >= 4 is 34.9 Å². The summed E-state index contributed by atoms with van der Waals surface area (Å²) in [6, 6.07) is 15.0. The van der Waals surface area contributed by atoms with E-state index in [9.17, 15) is 4.79 Å². The average Bonchev–Trinajstić information content (AvgIpc) is 3.37. The molecule has 0 aliphatic rings. The van der Waals surface area contributed by atoms with Gasteiger partial charge in [0.05, 0.1) is 6.54 Å². The zero-order valence-corrected chi connectivity index (χ0v) is 19.1. The Morgan fingerprint density at radius 2 is 1.81 bits per heavy atom. The van der Waals surface area contributed by atoms with E-state index in [-0.39, 0.29) is 18.2 Å². The minimum Gasteiger partial charge on any atom is -0.471 e. The van der Waals surface area contributed by atoms with Gasteiger partial charge in [0.15, 0.2) is 18.2 Å². The summed E-state index contributed by atoms with van der Waals surface area (Å²) in [7, 11) is 0. The van der Waals surface area contributed by atoms with Gasteiger partial charge in [0.25, 0.3) is 5.91 Å². The summed E-state index contributed by atoms with van der Waals surface area (Å²) in [5, 5.41) is 12.3. The van der Waals surface area contributed by atoms with E-state index in [0.29, 0.717) is 16.6 Å². The smallest absolute Gasteiger partial charge is 0.277 e. The van der Waals surface area contributed by atoms with E-state index in [4.69, 9.17) is 27.9 Å². The fourth-order valence-electron chi connectivity index (χ4n) is 3.06. The first-order valence-corrected chi connectivity index (χ1v) is 10.7. The highest BCUT2D eigenvalue weighted by Gasteiger charge is 2.15. The number of aromatic nitrogens is 4. The Kier molecular flexibility index (Phi) is 6.48. The summed E-state index contributed by atoms with van der Waals surface area (Å²) < 4.78 is 9.03. The number of aryl methyl sites for hydroxylation is 2. The third kappa shape index (κ3) is 5.30. The number of hydrogen-bond acceptors (Lipinski definition) is 4. The number of hydrogen-bond donors (Lipinski definition) is 1. The first-order valence-electron chi connectivity index (χ1n) is 9.89. The van der Waals surface area contributed by atoms with Crippen LogP contribution in [0.1, 0.15) is 27.2 Å². The number of carbonyl (C=O) groups is 1. The van der Waals surface area contributed by atoms with Gasteiger partial charge in [0.1, 0.15) is 10.8 Å². The Balaban J connectivity index is 1.38. The van der Waals surface area contributed by atoms with Gasteiger partial charge in [0.2, 0.25) is 0 Å². The second-order valence-electron chi connectivity index (χ2n) is 7.39. The first kappa shape index (κ1) is 21.9. The van der Waals surface area contributed by atoms with Crippen molar-refractivity contribution in [3.8, 4) is 5.75 Å². The second kappa shape index (κ2) is 9.46. The number of nitrogens with one attached hydrogen (secondary N) is 1. The largest absolute Gasteiger partial charge is 0.471 e. The minimum atomic E-state index is -0.408. The Morgan fingerprint density at radius 3 is 2.59 bits per heavy atom. The number of amides is 1. The van der Waals surface area contributed by atoms with E-state index in [1.54, 1.807) is 27.8 Å². The van der Waals surface area contributed by atoms with Gasteiger partial charge in [-0.15, -0.1) is 0 Å². The normalized spacial score (nSPS) is 10.9. The van der Waals surface area contributed by atoms with Crippen LogP contribution in [0.3, 0.4) is 0 Å². The Morgan fingerprint density at radius 1 is 1.03 bits per heavy atom. The van der Waals surface area contributed by atoms with Crippen LogP contribution in [0, 0.1) is 13.8 Å². The Labute approximate surface area is 195 Å². The molecule has 0 radical (unpaired) electrons. The standard InChI is InChI=1S/C23H21Cl2N5O2/c1-15-3-4-16(2)21(11-15)32-14-29-10-9-20(27-29)23(31)26-22-19(25)13-30(28-22)12-17-5-7-18(24)8-6-17/h3-11,13H,12,14H2,1-2H3,(H,26,28,31). The van der Waals surface area contributed by atoms with E-state index in [0.717, 1.165) is 22.4 Å². The van der Waals surface area contributed by atoms with Crippen molar-refractivity contribution in [2.24, 2.45) is 0 Å². The number of halogens is 2. The van der Waals surface area contributed by atoms with Crippen LogP contribution in [0.15, 0.2) is 60.9 Å². The predicted octanol–water partition coefficient (Wildman–Crippen LogP) is 5.34. The summed E-state index contributed by atoms with van der Waals surface area (Å²) in [6.07, 6.45) is 3.34. The molecular weight excluding hydrogens is 449 g/mol. The molecular formula is C23H21Cl2N5O2. The molecule has 7 nitrogen and oxygen atoms in total. The topological polar surface area (TPSA) is 74.0 Å². The number of carbonyl (C=O) groups excluding carboxylic acids is 1. The van der Waals surface area contributed by atoms with Crippen LogP contribution < -0.4 is 10.1 Å². The molecule has 4 rings (SSSR count). The van der Waals surface area contributed by atoms with Crippen molar-refractivity contribution in [3.05, 3.63) is 93.4 Å². The lowest BCUT2D eigenvalue weighted by atomic mass is 10.1. The molecule has 2 aromatic carbocycles. The molecule has 2 aromatic heterocycles. The van der Waals surface area contributed by atoms with Crippen LogP contribution in [0.4, 0.5) is 5.82 Å². The van der Waals surface area contributed by atoms with Crippen LogP contribution in [0.5, 0.6) is 5.75 Å². The van der Waals surface area contributed by atoms with Gasteiger partial charge >= 0.3 is 0 Å². The lowest BCUT2D eigenvalue weighted by Gasteiger charge is -2.09. The fraction of sp³-hybridized carbons (Fsp3) is 0.174. The maximum atomic E-state index is 12.6. The summed E-state index contributed by atoms with van der Waals surface area (Å²) >= 11 is 12.2. The number of benzene rings is 2. The van der Waals surface area contributed by atoms with Crippen molar-refractivity contribution in [2.75, 3.05) is 5.32 Å². The third-order valence-electron chi connectivity index (χ3n) is 4.78. The quantitative estimate of drug-likeness (QED) is 0.396. The SMILES string of the molecule is Cc1ccc(C)c(OCn2ccc(C(=O)Nc3nn(Cc4ccc(Cl)cc4)cc3Cl)n2)c1. The number of ether oxygens (including phenoxy) is 1. The van der Waals surface area contributed by atoms with Crippen LogP contribution in [-0.4, -0.2) is 25.5 Å². The van der Waals surface area contributed by atoms with Gasteiger partial charge in [-0.2, -0.15) is 10.2 Å². The molecule has 9 heteroatoms. The van der Waals surface area contributed by atoms with Gasteiger partial charge in [-0.3, -0.25) is 9.48 Å². The summed E-state index contributed by atoms with van der Waals surface area (Å²) in [5.41, 5.74) is 3.38. The highest BCUT2D eigenvalue weighted by atomic mass is 35.5. The summed E-state index contributed by atoms with van der Waals surface area (Å²) in [5.74, 6) is 0.644. The van der Waals surface area contributed by atoms with E-state index in [1.807, 2.05) is 56.3 Å². The Hall–Kier alpha value is -3.29. The van der Waals surface area contributed by atoms with Crippen LogP contribution in [0.25, 0.3) is 0 Å². The van der Waals surface area contributed by atoms with Gasteiger partial charge in [0, 0.05) is 17.4 Å². The molecule has 0 aliphatic heterocycles. The molecule has 32 heavy (non-hydrogen) atoms. The molecule has 1 amide bonds. The summed E-state index contributed by atoms with van der Waals surface area (Å²) in [6.45, 7) is 4.67. The van der Waals surface area contributed by atoms with E-state index < -0.39 is 5.91 Å². The minimum absolute atomic E-state index is 0.189. The number of nitrogens with zero attached hydrogens (tertiary/aromatic N) is 4. The summed E-state index contributed by atoms with van der Waals surface area (Å²) in [4.78, 5) is 12.6. The average molecular weight is 470 g/mol. The monoisotopic (exact) mass is 469 g/mol. The van der Waals surface area contributed by atoms with Crippen LogP contribution in [-0.2, 0) is 13.3 Å². The maximum absolute atomic E-state index is 12.6. The molecule has 0 fully saturated rings.